The molecule has 0 radical (unpaired) electrons. The minimum absolute atomic E-state index is 0.194. The number of benzene rings is 9. The van der Waals surface area contributed by atoms with Gasteiger partial charge in [-0.1, -0.05) is 141 Å². The Morgan fingerprint density at radius 2 is 0.985 bits per heavy atom. The Labute approximate surface area is 379 Å². The Morgan fingerprint density at radius 3 is 1.83 bits per heavy atom. The van der Waals surface area contributed by atoms with Gasteiger partial charge in [0.25, 0.3) is 0 Å². The van der Waals surface area contributed by atoms with Crippen LogP contribution < -0.4 is 0 Å². The van der Waals surface area contributed by atoms with E-state index in [4.69, 9.17) is 23.8 Å². The third kappa shape index (κ3) is 5.39. The average molecular weight is 847 g/mol. The van der Waals surface area contributed by atoms with Crippen LogP contribution in [0.25, 0.3) is 128 Å². The summed E-state index contributed by atoms with van der Waals surface area (Å²) in [5, 5.41) is 6.79. The first-order valence-electron chi connectivity index (χ1n) is 22.4. The molecule has 4 heterocycles. The smallest absolute Gasteiger partial charge is 0.167 e. The highest BCUT2D eigenvalue weighted by molar-refractivity contribution is 6.12. The van der Waals surface area contributed by atoms with E-state index in [1.165, 1.54) is 44.2 Å². The largest absolute Gasteiger partial charge is 0.456 e. The monoisotopic (exact) mass is 846 g/mol. The van der Waals surface area contributed by atoms with Gasteiger partial charge in [-0.2, -0.15) is 0 Å². The van der Waals surface area contributed by atoms with Gasteiger partial charge in [0, 0.05) is 54.5 Å². The predicted molar refractivity (Wildman–Crippen MR) is 268 cm³/mol. The summed E-state index contributed by atoms with van der Waals surface area (Å²) in [4.78, 5) is 15.4. The van der Waals surface area contributed by atoms with E-state index in [2.05, 4.69) is 146 Å². The summed E-state index contributed by atoms with van der Waals surface area (Å²) in [6, 6.07) is 68.4. The highest BCUT2D eigenvalue weighted by Gasteiger charge is 2.36. The second kappa shape index (κ2) is 13.7. The summed E-state index contributed by atoms with van der Waals surface area (Å²) in [5.74, 6) is 1.74. The Morgan fingerprint density at radius 1 is 0.364 bits per heavy atom. The molecule has 6 heteroatoms. The fraction of sp³-hybridized carbons (Fsp3) is 0.0500. The topological polar surface area (TPSA) is 69.9 Å². The molecule has 0 N–H and O–H groups in total. The zero-order valence-electron chi connectivity index (χ0n) is 36.1. The van der Waals surface area contributed by atoms with Crippen molar-refractivity contribution in [1.82, 2.24) is 19.5 Å². The molecule has 0 saturated carbocycles. The molecule has 0 unspecified atom stereocenters. The van der Waals surface area contributed by atoms with Crippen LogP contribution in [0.5, 0.6) is 0 Å². The fourth-order valence-electron chi connectivity index (χ4n) is 10.6. The summed E-state index contributed by atoms with van der Waals surface area (Å²) in [6.07, 6.45) is 0. The molecule has 0 aliphatic heterocycles. The highest BCUT2D eigenvalue weighted by Crippen LogP contribution is 2.52. The Kier molecular flexibility index (Phi) is 7.64. The van der Waals surface area contributed by atoms with E-state index < -0.39 is 0 Å². The zero-order valence-corrected chi connectivity index (χ0v) is 36.1. The second-order valence-electron chi connectivity index (χ2n) is 18.0. The standard InChI is InChI=1S/C60H38N4O2/c1-60(2)49-32-37(26-28-40(49)46-33-48-43-20-8-10-24-53(43)65-55(48)34-50(46)60)36-27-29-52-47(31-36)41-18-6-9-23-51(41)64(52)39-17-12-16-38(30-39)58-61-57(35-14-4-3-5-15-35)62-59(63-58)45-22-13-21-44-42-19-7-11-25-54(42)66-56(44)45/h3-34H,1-2H3. The molecular formula is C60H38N4O2. The van der Waals surface area contributed by atoms with Crippen LogP contribution in [0, 0.1) is 0 Å². The van der Waals surface area contributed by atoms with Crippen LogP contribution >= 0.6 is 0 Å². The summed E-state index contributed by atoms with van der Waals surface area (Å²) in [5.41, 5.74) is 16.7. The van der Waals surface area contributed by atoms with Crippen LogP contribution in [0.4, 0.5) is 0 Å². The van der Waals surface area contributed by atoms with Crippen molar-refractivity contribution in [2.45, 2.75) is 19.3 Å². The molecule has 6 nitrogen and oxygen atoms in total. The number of hydrogen-bond donors (Lipinski definition) is 0. The van der Waals surface area contributed by atoms with Crippen LogP contribution in [-0.2, 0) is 5.41 Å². The minimum atomic E-state index is -0.194. The van der Waals surface area contributed by atoms with Crippen molar-refractivity contribution >= 4 is 65.7 Å². The quantitative estimate of drug-likeness (QED) is 0.173. The number of hydrogen-bond acceptors (Lipinski definition) is 5. The molecule has 0 atom stereocenters. The molecule has 0 amide bonds. The first-order valence-corrected chi connectivity index (χ1v) is 22.4. The van der Waals surface area contributed by atoms with Crippen molar-refractivity contribution in [1.29, 1.82) is 0 Å². The highest BCUT2D eigenvalue weighted by atomic mass is 16.3. The van der Waals surface area contributed by atoms with E-state index in [-0.39, 0.29) is 5.41 Å². The summed E-state index contributed by atoms with van der Waals surface area (Å²) >= 11 is 0. The first-order chi connectivity index (χ1) is 32.4. The summed E-state index contributed by atoms with van der Waals surface area (Å²) < 4.78 is 15.2. The van der Waals surface area contributed by atoms with Gasteiger partial charge in [0.15, 0.2) is 17.5 Å². The number of para-hydroxylation sites is 4. The zero-order chi connectivity index (χ0) is 43.7. The summed E-state index contributed by atoms with van der Waals surface area (Å²) in [7, 11) is 0. The van der Waals surface area contributed by atoms with E-state index in [0.717, 1.165) is 77.3 Å². The Balaban J connectivity index is 0.885. The van der Waals surface area contributed by atoms with Crippen molar-refractivity contribution in [3.05, 3.63) is 205 Å². The molecule has 0 saturated heterocycles. The molecule has 1 aliphatic rings. The lowest BCUT2D eigenvalue weighted by atomic mass is 9.81. The van der Waals surface area contributed by atoms with E-state index in [9.17, 15) is 0 Å². The predicted octanol–water partition coefficient (Wildman–Crippen LogP) is 15.7. The maximum Gasteiger partial charge on any atom is 0.167 e. The third-order valence-electron chi connectivity index (χ3n) is 13.9. The van der Waals surface area contributed by atoms with Gasteiger partial charge in [0.1, 0.15) is 22.3 Å². The average Bonchev–Trinajstić information content (AvgIpc) is 4.09. The van der Waals surface area contributed by atoms with Crippen LogP contribution in [0.3, 0.4) is 0 Å². The minimum Gasteiger partial charge on any atom is -0.456 e. The maximum atomic E-state index is 6.47. The van der Waals surface area contributed by atoms with Crippen molar-refractivity contribution in [2.24, 2.45) is 0 Å². The Hall–Kier alpha value is -8.61. The molecule has 1 aliphatic carbocycles. The van der Waals surface area contributed by atoms with Gasteiger partial charge >= 0.3 is 0 Å². The molecule has 310 valence electrons. The van der Waals surface area contributed by atoms with E-state index in [1.54, 1.807) is 0 Å². The van der Waals surface area contributed by atoms with Gasteiger partial charge in [0.05, 0.1) is 16.6 Å². The van der Waals surface area contributed by atoms with Gasteiger partial charge in [-0.15, -0.1) is 0 Å². The number of rotatable bonds is 5. The molecule has 4 aromatic heterocycles. The van der Waals surface area contributed by atoms with Gasteiger partial charge in [0.2, 0.25) is 0 Å². The molecule has 14 rings (SSSR count). The second-order valence-corrected chi connectivity index (χ2v) is 18.0. The van der Waals surface area contributed by atoms with E-state index in [0.29, 0.717) is 17.5 Å². The summed E-state index contributed by atoms with van der Waals surface area (Å²) in [6.45, 7) is 4.67. The first kappa shape index (κ1) is 36.8. The Bertz CT molecular complexity index is 4150. The van der Waals surface area contributed by atoms with Crippen LogP contribution in [0.1, 0.15) is 25.0 Å². The van der Waals surface area contributed by atoms with Crippen LogP contribution in [0.2, 0.25) is 0 Å². The molecule has 66 heavy (non-hydrogen) atoms. The van der Waals surface area contributed by atoms with Gasteiger partial charge in [-0.3, -0.25) is 0 Å². The number of furan rings is 2. The van der Waals surface area contributed by atoms with Gasteiger partial charge in [-0.25, -0.2) is 15.0 Å². The molecular weight excluding hydrogens is 809 g/mol. The number of fused-ring (bicyclic) bond motifs is 12. The van der Waals surface area contributed by atoms with Gasteiger partial charge in [-0.05, 0) is 100 Å². The molecule has 13 aromatic rings. The van der Waals surface area contributed by atoms with Crippen molar-refractivity contribution in [3.63, 3.8) is 0 Å². The molecule has 9 aromatic carbocycles. The fourth-order valence-corrected chi connectivity index (χ4v) is 10.6. The van der Waals surface area contributed by atoms with Crippen LogP contribution in [0.15, 0.2) is 203 Å². The van der Waals surface area contributed by atoms with Crippen molar-refractivity contribution in [2.75, 3.05) is 0 Å². The van der Waals surface area contributed by atoms with Crippen LogP contribution in [-0.4, -0.2) is 19.5 Å². The van der Waals surface area contributed by atoms with Crippen molar-refractivity contribution < 1.29 is 8.83 Å². The van der Waals surface area contributed by atoms with E-state index >= 15 is 0 Å². The van der Waals surface area contributed by atoms with Crippen molar-refractivity contribution in [3.8, 4) is 62.1 Å². The normalized spacial score (nSPS) is 13.1. The molecule has 0 fully saturated rings. The van der Waals surface area contributed by atoms with Gasteiger partial charge < -0.3 is 13.4 Å². The SMILES string of the molecule is CC1(C)c2cc(-c3ccc4c(c3)c3ccccc3n4-c3cccc(-c4nc(-c5ccccc5)nc(-c5cccc6c5oc5ccccc56)n4)c3)ccc2-c2cc3c(cc21)oc1ccccc13. The molecule has 0 bridgehead atoms. The molecule has 0 spiro atoms. The lowest BCUT2D eigenvalue weighted by molar-refractivity contribution is 0.647. The van der Waals surface area contributed by atoms with E-state index in [1.807, 2.05) is 66.7 Å². The number of aromatic nitrogens is 4. The third-order valence-corrected chi connectivity index (χ3v) is 13.9. The lowest BCUT2D eigenvalue weighted by Crippen LogP contribution is -2.15. The maximum absolute atomic E-state index is 6.47. The number of nitrogens with zero attached hydrogens (tertiary/aromatic N) is 4. The lowest BCUT2D eigenvalue weighted by Gasteiger charge is -2.22.